The molecule has 0 aromatic carbocycles. The van der Waals surface area contributed by atoms with Crippen LogP contribution in [0.15, 0.2) is 11.6 Å². The number of carbonyl (C=O) groups is 2. The van der Waals surface area contributed by atoms with Crippen LogP contribution >= 0.6 is 0 Å². The molecule has 0 aromatic heterocycles. The van der Waals surface area contributed by atoms with Crippen molar-refractivity contribution in [2.75, 3.05) is 32.7 Å². The Labute approximate surface area is 126 Å². The van der Waals surface area contributed by atoms with Crippen molar-refractivity contribution >= 4 is 11.8 Å². The quantitative estimate of drug-likeness (QED) is 0.599. The molecule has 1 aliphatic carbocycles. The van der Waals surface area contributed by atoms with Crippen LogP contribution in [0.4, 0.5) is 0 Å². The van der Waals surface area contributed by atoms with Crippen molar-refractivity contribution in [1.29, 1.82) is 0 Å². The number of carbonyl (C=O) groups excluding carboxylic acids is 2. The predicted octanol–water partition coefficient (Wildman–Crippen LogP) is 0.621. The molecule has 3 atom stereocenters. The minimum Gasteiger partial charge on any atom is -0.346 e. The lowest BCUT2D eigenvalue weighted by molar-refractivity contribution is -0.152. The zero-order chi connectivity index (χ0) is 15.0. The lowest BCUT2D eigenvalue weighted by atomic mass is 9.79. The molecule has 5 nitrogen and oxygen atoms in total. The van der Waals surface area contributed by atoms with Crippen molar-refractivity contribution in [3.8, 4) is 0 Å². The number of fused-ring (bicyclic) bond motifs is 1. The average molecular weight is 291 g/mol. The van der Waals surface area contributed by atoms with Gasteiger partial charge < -0.3 is 10.2 Å². The molecule has 2 saturated heterocycles. The van der Waals surface area contributed by atoms with Crippen LogP contribution in [0.5, 0.6) is 0 Å². The summed E-state index contributed by atoms with van der Waals surface area (Å²) < 4.78 is 0. The van der Waals surface area contributed by atoms with Crippen molar-refractivity contribution < 1.29 is 9.59 Å². The number of nitrogens with one attached hydrogen (secondary N) is 1. The number of hydrogen-bond donors (Lipinski definition) is 1. The fourth-order valence-electron chi connectivity index (χ4n) is 3.92. The Bertz CT molecular complexity index is 474. The second-order valence-corrected chi connectivity index (χ2v) is 6.73. The number of amides is 2. The zero-order valence-corrected chi connectivity index (χ0v) is 13.0. The summed E-state index contributed by atoms with van der Waals surface area (Å²) >= 11 is 0. The summed E-state index contributed by atoms with van der Waals surface area (Å²) in [5.41, 5.74) is 1.52. The normalized spacial score (nSPS) is 34.3. The van der Waals surface area contributed by atoms with Gasteiger partial charge in [-0.05, 0) is 31.6 Å². The first-order valence-corrected chi connectivity index (χ1v) is 8.04. The van der Waals surface area contributed by atoms with E-state index in [1.54, 1.807) is 4.90 Å². The van der Waals surface area contributed by atoms with Gasteiger partial charge in [-0.25, -0.2) is 0 Å². The highest BCUT2D eigenvalue weighted by molar-refractivity contribution is 6.35. The molecule has 116 valence electrons. The van der Waals surface area contributed by atoms with Gasteiger partial charge in [-0.3, -0.25) is 14.5 Å². The Morgan fingerprint density at radius 3 is 2.90 bits per heavy atom. The van der Waals surface area contributed by atoms with Gasteiger partial charge in [0.15, 0.2) is 0 Å². The van der Waals surface area contributed by atoms with Crippen LogP contribution < -0.4 is 5.32 Å². The van der Waals surface area contributed by atoms with E-state index in [2.05, 4.69) is 30.1 Å². The lowest BCUT2D eigenvalue weighted by Gasteiger charge is -2.45. The molecule has 2 heterocycles. The van der Waals surface area contributed by atoms with Crippen LogP contribution in [0.1, 0.15) is 26.7 Å². The molecule has 0 radical (unpaired) electrons. The molecule has 2 amide bonds. The Kier molecular flexibility index (Phi) is 4.02. The Morgan fingerprint density at radius 1 is 1.33 bits per heavy atom. The predicted molar refractivity (Wildman–Crippen MR) is 80.6 cm³/mol. The molecule has 0 spiro atoms. The molecule has 0 aromatic rings. The monoisotopic (exact) mass is 291 g/mol. The first-order valence-electron chi connectivity index (χ1n) is 8.04. The van der Waals surface area contributed by atoms with Crippen molar-refractivity contribution in [1.82, 2.24) is 15.1 Å². The summed E-state index contributed by atoms with van der Waals surface area (Å²) in [6, 6.07) is 0.145. The lowest BCUT2D eigenvalue weighted by Crippen LogP contribution is -2.65. The summed E-state index contributed by atoms with van der Waals surface area (Å²) in [4.78, 5) is 27.5. The third-order valence-corrected chi connectivity index (χ3v) is 5.34. The minimum atomic E-state index is -0.445. The Morgan fingerprint density at radius 2 is 2.14 bits per heavy atom. The standard InChI is InChI=1S/C16H25N3O2/c1-11-4-3-5-12(2)14(11)10-18-6-7-19-13(9-18)8-17-15(20)16(19)21/h4,12-14H,3,5-10H2,1-2H3,(H,17,20)/t12-,13+,14+/m0/s1. The largest absolute Gasteiger partial charge is 0.346 e. The highest BCUT2D eigenvalue weighted by Gasteiger charge is 2.38. The third-order valence-electron chi connectivity index (χ3n) is 5.34. The summed E-state index contributed by atoms with van der Waals surface area (Å²) in [7, 11) is 0. The zero-order valence-electron chi connectivity index (χ0n) is 13.0. The molecule has 0 unspecified atom stereocenters. The van der Waals surface area contributed by atoms with Crippen LogP contribution in [0.2, 0.25) is 0 Å². The van der Waals surface area contributed by atoms with E-state index in [1.807, 2.05) is 0 Å². The minimum absolute atomic E-state index is 0.145. The van der Waals surface area contributed by atoms with Gasteiger partial charge in [-0.15, -0.1) is 0 Å². The number of piperazine rings is 2. The molecule has 3 rings (SSSR count). The molecule has 21 heavy (non-hydrogen) atoms. The molecular weight excluding hydrogens is 266 g/mol. The SMILES string of the molecule is CC1=CCC[C@H](C)[C@@H]1CN1CCN2C(=O)C(=O)NC[C@@H]2C1. The van der Waals surface area contributed by atoms with E-state index in [0.717, 1.165) is 25.6 Å². The van der Waals surface area contributed by atoms with E-state index in [9.17, 15) is 9.59 Å². The summed E-state index contributed by atoms with van der Waals surface area (Å²) in [6.45, 7) is 8.71. The van der Waals surface area contributed by atoms with E-state index >= 15 is 0 Å². The van der Waals surface area contributed by atoms with E-state index in [0.29, 0.717) is 19.0 Å². The number of hydrogen-bond acceptors (Lipinski definition) is 3. The smallest absolute Gasteiger partial charge is 0.312 e. The van der Waals surface area contributed by atoms with Crippen molar-refractivity contribution in [3.05, 3.63) is 11.6 Å². The number of rotatable bonds is 2. The van der Waals surface area contributed by atoms with Crippen LogP contribution in [0, 0.1) is 11.8 Å². The molecule has 3 aliphatic rings. The second-order valence-electron chi connectivity index (χ2n) is 6.73. The Balaban J connectivity index is 1.62. The van der Waals surface area contributed by atoms with Gasteiger partial charge in [0.2, 0.25) is 0 Å². The number of allylic oxidation sites excluding steroid dienone is 1. The molecule has 5 heteroatoms. The summed E-state index contributed by atoms with van der Waals surface area (Å²) in [5.74, 6) is 0.576. The maximum atomic E-state index is 11.8. The van der Waals surface area contributed by atoms with Crippen LogP contribution in [0.25, 0.3) is 0 Å². The summed E-state index contributed by atoms with van der Waals surface area (Å²) in [5, 5.41) is 2.70. The van der Waals surface area contributed by atoms with E-state index in [1.165, 1.54) is 18.4 Å². The van der Waals surface area contributed by atoms with Gasteiger partial charge in [0.05, 0.1) is 6.04 Å². The van der Waals surface area contributed by atoms with Crippen LogP contribution in [-0.4, -0.2) is 60.4 Å². The van der Waals surface area contributed by atoms with Crippen molar-refractivity contribution in [2.45, 2.75) is 32.7 Å². The molecule has 1 N–H and O–H groups in total. The van der Waals surface area contributed by atoms with Crippen molar-refractivity contribution in [2.24, 2.45) is 11.8 Å². The van der Waals surface area contributed by atoms with E-state index in [4.69, 9.17) is 0 Å². The second kappa shape index (κ2) is 5.79. The molecule has 0 saturated carbocycles. The average Bonchev–Trinajstić information content (AvgIpc) is 2.47. The fraction of sp³-hybridized carbons (Fsp3) is 0.750. The topological polar surface area (TPSA) is 52.7 Å². The first kappa shape index (κ1) is 14.6. The number of nitrogens with zero attached hydrogens (tertiary/aromatic N) is 2. The summed E-state index contributed by atoms with van der Waals surface area (Å²) in [6.07, 6.45) is 4.87. The van der Waals surface area contributed by atoms with Crippen molar-refractivity contribution in [3.63, 3.8) is 0 Å². The molecule has 0 bridgehead atoms. The van der Waals surface area contributed by atoms with Gasteiger partial charge in [0, 0.05) is 32.7 Å². The molecular formula is C16H25N3O2. The highest BCUT2D eigenvalue weighted by Crippen LogP contribution is 2.31. The maximum Gasteiger partial charge on any atom is 0.312 e. The fourth-order valence-corrected chi connectivity index (χ4v) is 3.92. The maximum absolute atomic E-state index is 11.8. The van der Waals surface area contributed by atoms with E-state index < -0.39 is 5.91 Å². The van der Waals surface area contributed by atoms with Gasteiger partial charge in [0.25, 0.3) is 0 Å². The van der Waals surface area contributed by atoms with Gasteiger partial charge in [0.1, 0.15) is 0 Å². The van der Waals surface area contributed by atoms with Gasteiger partial charge in [-0.1, -0.05) is 18.6 Å². The third kappa shape index (κ3) is 2.84. The molecule has 2 aliphatic heterocycles. The first-order chi connectivity index (χ1) is 10.1. The van der Waals surface area contributed by atoms with E-state index in [-0.39, 0.29) is 11.9 Å². The van der Waals surface area contributed by atoms with Crippen LogP contribution in [-0.2, 0) is 9.59 Å². The molecule has 2 fully saturated rings. The van der Waals surface area contributed by atoms with Gasteiger partial charge in [-0.2, -0.15) is 0 Å². The van der Waals surface area contributed by atoms with Gasteiger partial charge >= 0.3 is 11.8 Å². The Hall–Kier alpha value is -1.36. The van der Waals surface area contributed by atoms with Crippen LogP contribution in [0.3, 0.4) is 0 Å². The highest BCUT2D eigenvalue weighted by atomic mass is 16.2.